The van der Waals surface area contributed by atoms with Crippen LogP contribution in [0.15, 0.2) is 54.6 Å². The average molecular weight is 361 g/mol. The van der Waals surface area contributed by atoms with Gasteiger partial charge in [-0.2, -0.15) is 13.2 Å². The molecular formula is C20H18F3NO2. The number of ketones is 1. The van der Waals surface area contributed by atoms with Gasteiger partial charge in [0.15, 0.2) is 5.78 Å². The first-order valence-electron chi connectivity index (χ1n) is 8.42. The monoisotopic (exact) mass is 361 g/mol. The maximum absolute atomic E-state index is 13.0. The van der Waals surface area contributed by atoms with E-state index >= 15 is 0 Å². The van der Waals surface area contributed by atoms with Gasteiger partial charge in [0.1, 0.15) is 0 Å². The molecule has 1 fully saturated rings. The fraction of sp³-hybridized carbons (Fsp3) is 0.300. The summed E-state index contributed by atoms with van der Waals surface area (Å²) in [5, 5.41) is 0. The molecule has 0 bridgehead atoms. The van der Waals surface area contributed by atoms with Gasteiger partial charge in [0.2, 0.25) is 0 Å². The van der Waals surface area contributed by atoms with E-state index in [2.05, 4.69) is 0 Å². The number of benzene rings is 2. The van der Waals surface area contributed by atoms with Crippen LogP contribution in [0.25, 0.3) is 0 Å². The summed E-state index contributed by atoms with van der Waals surface area (Å²) in [5.41, 5.74) is 0.779. The molecule has 1 amide bonds. The minimum Gasteiger partial charge on any atom is -0.338 e. The molecule has 6 heteroatoms. The zero-order chi connectivity index (χ0) is 18.7. The topological polar surface area (TPSA) is 37.4 Å². The Kier molecular flexibility index (Phi) is 5.11. The highest BCUT2D eigenvalue weighted by molar-refractivity contribution is 6.15. The first-order valence-corrected chi connectivity index (χ1v) is 8.42. The van der Waals surface area contributed by atoms with Crippen molar-refractivity contribution in [2.45, 2.75) is 19.0 Å². The number of carbonyl (C=O) groups excluding carboxylic acids is 2. The van der Waals surface area contributed by atoms with Gasteiger partial charge in [0.25, 0.3) is 5.91 Å². The molecule has 1 atom stereocenters. The lowest BCUT2D eigenvalue weighted by Crippen LogP contribution is -2.44. The zero-order valence-electron chi connectivity index (χ0n) is 14.0. The maximum Gasteiger partial charge on any atom is 0.393 e. The lowest BCUT2D eigenvalue weighted by molar-refractivity contribution is -0.184. The summed E-state index contributed by atoms with van der Waals surface area (Å²) in [6.07, 6.45) is -4.00. The first-order chi connectivity index (χ1) is 12.4. The molecule has 0 aromatic heterocycles. The SMILES string of the molecule is O=C(c1ccccc1)c1ccccc1C(=O)N1CCCC(C(F)(F)F)C1. The van der Waals surface area contributed by atoms with Gasteiger partial charge in [-0.05, 0) is 18.9 Å². The van der Waals surface area contributed by atoms with Crippen molar-refractivity contribution in [1.29, 1.82) is 0 Å². The summed E-state index contributed by atoms with van der Waals surface area (Å²) in [7, 11) is 0. The number of rotatable bonds is 3. The van der Waals surface area contributed by atoms with Crippen LogP contribution in [0.1, 0.15) is 39.1 Å². The van der Waals surface area contributed by atoms with E-state index in [4.69, 9.17) is 0 Å². The van der Waals surface area contributed by atoms with Crippen LogP contribution in [0.4, 0.5) is 13.2 Å². The molecule has 0 radical (unpaired) electrons. The van der Waals surface area contributed by atoms with Crippen molar-refractivity contribution in [2.24, 2.45) is 5.92 Å². The van der Waals surface area contributed by atoms with Gasteiger partial charge in [-0.25, -0.2) is 0 Å². The summed E-state index contributed by atoms with van der Waals surface area (Å²) in [6.45, 7) is -0.102. The number of piperidine rings is 1. The van der Waals surface area contributed by atoms with Crippen molar-refractivity contribution in [3.8, 4) is 0 Å². The lowest BCUT2D eigenvalue weighted by Gasteiger charge is -2.34. The van der Waals surface area contributed by atoms with Crippen LogP contribution in [0.5, 0.6) is 0 Å². The predicted octanol–water partition coefficient (Wildman–Crippen LogP) is 4.33. The molecule has 136 valence electrons. The summed E-state index contributed by atoms with van der Waals surface area (Å²) in [6, 6.07) is 14.8. The van der Waals surface area contributed by atoms with Gasteiger partial charge >= 0.3 is 6.18 Å². The Bertz CT molecular complexity index is 802. The van der Waals surface area contributed by atoms with E-state index in [0.717, 1.165) is 0 Å². The number of nitrogens with zero attached hydrogens (tertiary/aromatic N) is 1. The fourth-order valence-corrected chi connectivity index (χ4v) is 3.21. The van der Waals surface area contributed by atoms with Crippen LogP contribution < -0.4 is 0 Å². The highest BCUT2D eigenvalue weighted by Crippen LogP contribution is 2.33. The molecule has 1 unspecified atom stereocenters. The molecule has 3 rings (SSSR count). The van der Waals surface area contributed by atoms with Gasteiger partial charge in [-0.1, -0.05) is 48.5 Å². The first kappa shape index (κ1) is 18.2. The van der Waals surface area contributed by atoms with Crippen LogP contribution in [0.2, 0.25) is 0 Å². The average Bonchev–Trinajstić information content (AvgIpc) is 2.67. The van der Waals surface area contributed by atoms with Crippen LogP contribution >= 0.6 is 0 Å². The van der Waals surface area contributed by atoms with E-state index in [0.29, 0.717) is 12.0 Å². The molecule has 3 nitrogen and oxygen atoms in total. The second-order valence-corrected chi connectivity index (χ2v) is 6.37. The minimum absolute atomic E-state index is 0.0257. The predicted molar refractivity (Wildman–Crippen MR) is 91.0 cm³/mol. The number of carbonyl (C=O) groups is 2. The number of alkyl halides is 3. The number of likely N-dealkylation sites (tertiary alicyclic amines) is 1. The van der Waals surface area contributed by atoms with Crippen LogP contribution in [-0.2, 0) is 0 Å². The van der Waals surface area contributed by atoms with E-state index in [9.17, 15) is 22.8 Å². The zero-order valence-corrected chi connectivity index (χ0v) is 14.0. The normalized spacial score (nSPS) is 17.8. The highest BCUT2D eigenvalue weighted by atomic mass is 19.4. The van der Waals surface area contributed by atoms with Crippen molar-refractivity contribution < 1.29 is 22.8 Å². The number of hydrogen-bond acceptors (Lipinski definition) is 2. The third kappa shape index (κ3) is 3.79. The Balaban J connectivity index is 1.88. The number of hydrogen-bond donors (Lipinski definition) is 0. The van der Waals surface area contributed by atoms with Crippen molar-refractivity contribution in [2.75, 3.05) is 13.1 Å². The van der Waals surface area contributed by atoms with Gasteiger partial charge in [0.05, 0.1) is 11.5 Å². The van der Waals surface area contributed by atoms with Gasteiger partial charge in [-0.15, -0.1) is 0 Å². The molecule has 1 aliphatic heterocycles. The van der Waals surface area contributed by atoms with Gasteiger partial charge < -0.3 is 4.90 Å². The van der Waals surface area contributed by atoms with Gasteiger partial charge in [-0.3, -0.25) is 9.59 Å². The molecule has 0 N–H and O–H groups in total. The largest absolute Gasteiger partial charge is 0.393 e. The van der Waals surface area contributed by atoms with E-state index in [1.165, 1.54) is 17.0 Å². The molecule has 1 aliphatic rings. The molecule has 1 heterocycles. The van der Waals surface area contributed by atoms with Crippen LogP contribution in [0, 0.1) is 5.92 Å². The van der Waals surface area contributed by atoms with Crippen molar-refractivity contribution >= 4 is 11.7 Å². The Labute approximate surface area is 149 Å². The lowest BCUT2D eigenvalue weighted by atomic mass is 9.94. The van der Waals surface area contributed by atoms with Crippen molar-refractivity contribution in [3.05, 3.63) is 71.3 Å². The Morgan fingerprint density at radius 1 is 0.923 bits per heavy atom. The summed E-state index contributed by atoms with van der Waals surface area (Å²) in [5.74, 6) is -2.37. The van der Waals surface area contributed by atoms with E-state index in [1.54, 1.807) is 42.5 Å². The second kappa shape index (κ2) is 7.32. The summed E-state index contributed by atoms with van der Waals surface area (Å²) in [4.78, 5) is 26.8. The highest BCUT2D eigenvalue weighted by Gasteiger charge is 2.43. The quantitative estimate of drug-likeness (QED) is 0.763. The molecular weight excluding hydrogens is 343 g/mol. The fourth-order valence-electron chi connectivity index (χ4n) is 3.21. The van der Waals surface area contributed by atoms with E-state index in [-0.39, 0.29) is 36.4 Å². The second-order valence-electron chi connectivity index (χ2n) is 6.37. The standard InChI is InChI=1S/C20H18F3NO2/c21-20(22,23)15-9-6-12-24(13-15)19(26)17-11-5-4-10-16(17)18(25)14-7-2-1-3-8-14/h1-5,7-8,10-11,15H,6,9,12-13H2. The number of halogens is 3. The molecule has 2 aromatic rings. The molecule has 0 saturated carbocycles. The molecule has 1 saturated heterocycles. The van der Waals surface area contributed by atoms with Crippen LogP contribution in [-0.4, -0.2) is 35.9 Å². The van der Waals surface area contributed by atoms with E-state index < -0.39 is 18.0 Å². The Morgan fingerprint density at radius 3 is 2.19 bits per heavy atom. The molecule has 26 heavy (non-hydrogen) atoms. The minimum atomic E-state index is -4.32. The maximum atomic E-state index is 13.0. The van der Waals surface area contributed by atoms with Crippen molar-refractivity contribution in [1.82, 2.24) is 4.90 Å². The summed E-state index contributed by atoms with van der Waals surface area (Å²) < 4.78 is 39.1. The molecule has 2 aromatic carbocycles. The summed E-state index contributed by atoms with van der Waals surface area (Å²) >= 11 is 0. The number of amides is 1. The third-order valence-corrected chi connectivity index (χ3v) is 4.61. The molecule has 0 aliphatic carbocycles. The molecule has 0 spiro atoms. The van der Waals surface area contributed by atoms with E-state index in [1.807, 2.05) is 0 Å². The Hall–Kier alpha value is -2.63. The van der Waals surface area contributed by atoms with Crippen LogP contribution in [0.3, 0.4) is 0 Å². The third-order valence-electron chi connectivity index (χ3n) is 4.61. The van der Waals surface area contributed by atoms with Crippen molar-refractivity contribution in [3.63, 3.8) is 0 Å². The smallest absolute Gasteiger partial charge is 0.338 e. The Morgan fingerprint density at radius 2 is 1.54 bits per heavy atom. The van der Waals surface area contributed by atoms with Gasteiger partial charge in [0, 0.05) is 24.2 Å².